The number of benzene rings is 1. The second-order valence-corrected chi connectivity index (χ2v) is 4.11. The summed E-state index contributed by atoms with van der Waals surface area (Å²) in [6.45, 7) is 0. The topological polar surface area (TPSA) is 21.6 Å². The Morgan fingerprint density at radius 2 is 2.00 bits per heavy atom. The summed E-state index contributed by atoms with van der Waals surface area (Å²) in [5.74, 6) is 0.674. The molecule has 1 saturated carbocycles. The first-order valence-electron chi connectivity index (χ1n) is 5.17. The first-order chi connectivity index (χ1) is 6.92. The molecule has 0 spiro atoms. The van der Waals surface area contributed by atoms with E-state index in [1.807, 2.05) is 12.3 Å². The van der Waals surface area contributed by atoms with E-state index >= 15 is 0 Å². The van der Waals surface area contributed by atoms with Crippen LogP contribution in [0.25, 0.3) is 0 Å². The van der Waals surface area contributed by atoms with Gasteiger partial charge in [-0.05, 0) is 18.4 Å². The highest BCUT2D eigenvalue weighted by molar-refractivity contribution is 5.61. The third-order valence-corrected chi connectivity index (χ3v) is 3.18. The predicted molar refractivity (Wildman–Crippen MR) is 55.0 cm³/mol. The van der Waals surface area contributed by atoms with E-state index in [0.717, 1.165) is 6.42 Å². The fourth-order valence-corrected chi connectivity index (χ4v) is 2.26. The molecule has 14 heavy (non-hydrogen) atoms. The third kappa shape index (κ3) is 1.07. The molecule has 1 unspecified atom stereocenters. The smallest absolute Gasteiger partial charge is 0.170 e. The molecule has 0 saturated heterocycles. The maximum Gasteiger partial charge on any atom is 0.170 e. The molecule has 1 heterocycles. The molecule has 2 heteroatoms. The van der Waals surface area contributed by atoms with Gasteiger partial charge in [0.15, 0.2) is 5.60 Å². The van der Waals surface area contributed by atoms with E-state index in [2.05, 4.69) is 29.4 Å². The van der Waals surface area contributed by atoms with E-state index < -0.39 is 0 Å². The van der Waals surface area contributed by atoms with Crippen LogP contribution in [0.15, 0.2) is 35.5 Å². The van der Waals surface area contributed by atoms with E-state index in [1.165, 1.54) is 18.4 Å². The second-order valence-electron chi connectivity index (χ2n) is 4.11. The van der Waals surface area contributed by atoms with Gasteiger partial charge < -0.3 is 4.84 Å². The molecule has 2 aliphatic rings. The Morgan fingerprint density at radius 1 is 1.21 bits per heavy atom. The summed E-state index contributed by atoms with van der Waals surface area (Å²) in [4.78, 5) is 5.62. The van der Waals surface area contributed by atoms with Gasteiger partial charge in [0.1, 0.15) is 0 Å². The van der Waals surface area contributed by atoms with Crippen molar-refractivity contribution in [1.29, 1.82) is 0 Å². The molecule has 1 fully saturated rings. The van der Waals surface area contributed by atoms with Crippen LogP contribution in [0.4, 0.5) is 0 Å². The molecule has 0 amide bonds. The Kier molecular flexibility index (Phi) is 1.63. The van der Waals surface area contributed by atoms with Crippen LogP contribution in [0.1, 0.15) is 24.8 Å². The van der Waals surface area contributed by atoms with Crippen LogP contribution in [0.3, 0.4) is 0 Å². The summed E-state index contributed by atoms with van der Waals surface area (Å²) < 4.78 is 0. The van der Waals surface area contributed by atoms with Crippen molar-refractivity contribution in [2.24, 2.45) is 11.1 Å². The molecular weight excluding hydrogens is 174 g/mol. The van der Waals surface area contributed by atoms with Crippen molar-refractivity contribution in [3.63, 3.8) is 0 Å². The zero-order valence-corrected chi connectivity index (χ0v) is 8.02. The molecule has 0 bridgehead atoms. The Bertz CT molecular complexity index is 346. The number of nitrogens with zero attached hydrogens (tertiary/aromatic N) is 1. The van der Waals surface area contributed by atoms with Crippen LogP contribution in [0, 0.1) is 5.92 Å². The van der Waals surface area contributed by atoms with Crippen molar-refractivity contribution < 1.29 is 4.84 Å². The van der Waals surface area contributed by atoms with Crippen molar-refractivity contribution >= 4 is 6.21 Å². The molecular formula is C12H13NO. The molecule has 72 valence electrons. The lowest BCUT2D eigenvalue weighted by Gasteiger charge is -2.26. The minimum atomic E-state index is -0.124. The SMILES string of the molecule is C1=NOC(c2ccccc2)(C2CC2)C1. The highest BCUT2D eigenvalue weighted by atomic mass is 16.7. The Morgan fingerprint density at radius 3 is 2.57 bits per heavy atom. The lowest BCUT2D eigenvalue weighted by Crippen LogP contribution is -2.27. The maximum absolute atomic E-state index is 5.62. The summed E-state index contributed by atoms with van der Waals surface area (Å²) in [7, 11) is 0. The zero-order valence-electron chi connectivity index (χ0n) is 8.02. The third-order valence-electron chi connectivity index (χ3n) is 3.18. The molecule has 0 N–H and O–H groups in total. The van der Waals surface area contributed by atoms with Gasteiger partial charge in [-0.15, -0.1) is 0 Å². The lowest BCUT2D eigenvalue weighted by molar-refractivity contribution is -0.0417. The van der Waals surface area contributed by atoms with Gasteiger partial charge in [-0.25, -0.2) is 0 Å². The van der Waals surface area contributed by atoms with Crippen molar-refractivity contribution in [2.45, 2.75) is 24.9 Å². The number of hydrogen-bond donors (Lipinski definition) is 0. The second kappa shape index (κ2) is 2.84. The van der Waals surface area contributed by atoms with E-state index in [-0.39, 0.29) is 5.60 Å². The first kappa shape index (κ1) is 8.04. The Balaban J connectivity index is 2.00. The van der Waals surface area contributed by atoms with Crippen LogP contribution >= 0.6 is 0 Å². The summed E-state index contributed by atoms with van der Waals surface area (Å²) in [5.41, 5.74) is 1.15. The van der Waals surface area contributed by atoms with E-state index in [1.54, 1.807) is 0 Å². The quantitative estimate of drug-likeness (QED) is 0.697. The van der Waals surface area contributed by atoms with Crippen LogP contribution in [0.5, 0.6) is 0 Å². The van der Waals surface area contributed by atoms with Crippen molar-refractivity contribution in [3.8, 4) is 0 Å². The van der Waals surface area contributed by atoms with Gasteiger partial charge in [0.2, 0.25) is 0 Å². The molecule has 1 aliphatic carbocycles. The maximum atomic E-state index is 5.62. The van der Waals surface area contributed by atoms with Crippen molar-refractivity contribution in [1.82, 2.24) is 0 Å². The highest BCUT2D eigenvalue weighted by Gasteiger charge is 2.50. The van der Waals surface area contributed by atoms with Crippen molar-refractivity contribution in [2.75, 3.05) is 0 Å². The van der Waals surface area contributed by atoms with Crippen LogP contribution < -0.4 is 0 Å². The molecule has 0 radical (unpaired) electrons. The summed E-state index contributed by atoms with van der Waals surface area (Å²) in [6.07, 6.45) is 5.38. The molecule has 2 nitrogen and oxygen atoms in total. The zero-order chi connectivity index (χ0) is 9.43. The standard InChI is InChI=1S/C12H13NO/c1-2-4-10(5-3-1)12(11-6-7-11)8-9-13-14-12/h1-5,9,11H,6-8H2. The van der Waals surface area contributed by atoms with Crippen LogP contribution in [-0.2, 0) is 10.4 Å². The van der Waals surface area contributed by atoms with Gasteiger partial charge in [-0.3, -0.25) is 0 Å². The normalized spacial score (nSPS) is 30.3. The van der Waals surface area contributed by atoms with Gasteiger partial charge in [0.25, 0.3) is 0 Å². The minimum Gasteiger partial charge on any atom is -0.384 e. The molecule has 3 rings (SSSR count). The summed E-state index contributed by atoms with van der Waals surface area (Å²) in [6, 6.07) is 10.5. The molecule has 1 aromatic carbocycles. The molecule has 1 aromatic rings. The number of hydrogen-bond acceptors (Lipinski definition) is 2. The van der Waals surface area contributed by atoms with E-state index in [4.69, 9.17) is 4.84 Å². The highest BCUT2D eigenvalue weighted by Crippen LogP contribution is 2.51. The van der Waals surface area contributed by atoms with Gasteiger partial charge >= 0.3 is 0 Å². The average molecular weight is 187 g/mol. The van der Waals surface area contributed by atoms with E-state index in [9.17, 15) is 0 Å². The first-order valence-corrected chi connectivity index (χ1v) is 5.17. The monoisotopic (exact) mass is 187 g/mol. The number of oxime groups is 1. The fraction of sp³-hybridized carbons (Fsp3) is 0.417. The van der Waals surface area contributed by atoms with Gasteiger partial charge in [-0.2, -0.15) is 0 Å². The Hall–Kier alpha value is -1.31. The molecule has 1 aliphatic heterocycles. The summed E-state index contributed by atoms with van der Waals surface area (Å²) >= 11 is 0. The van der Waals surface area contributed by atoms with Gasteiger partial charge in [-0.1, -0.05) is 35.5 Å². The molecule has 0 aromatic heterocycles. The van der Waals surface area contributed by atoms with Gasteiger partial charge in [0, 0.05) is 18.6 Å². The van der Waals surface area contributed by atoms with Gasteiger partial charge in [0.05, 0.1) is 0 Å². The molecule has 1 atom stereocenters. The van der Waals surface area contributed by atoms with E-state index in [0.29, 0.717) is 5.92 Å². The Labute approximate surface area is 83.6 Å². The fourth-order valence-electron chi connectivity index (χ4n) is 2.26. The number of rotatable bonds is 2. The summed E-state index contributed by atoms with van der Waals surface area (Å²) in [5, 5.41) is 3.95. The van der Waals surface area contributed by atoms with Crippen molar-refractivity contribution in [3.05, 3.63) is 35.9 Å². The average Bonchev–Trinajstić information content (AvgIpc) is 2.99. The minimum absolute atomic E-state index is 0.124. The lowest BCUT2D eigenvalue weighted by atomic mass is 9.86. The largest absolute Gasteiger partial charge is 0.384 e. The van der Waals surface area contributed by atoms with Crippen LogP contribution in [0.2, 0.25) is 0 Å². The van der Waals surface area contributed by atoms with Crippen LogP contribution in [-0.4, -0.2) is 6.21 Å². The predicted octanol–water partition coefficient (Wildman–Crippen LogP) is 2.70.